The number of epoxide rings is 1. The van der Waals surface area contributed by atoms with Gasteiger partial charge in [0.1, 0.15) is 6.10 Å². The standard InChI is InChI=1S/C10H16O/c1-7-5-9(2,3)6-10(4)8(7)11-10/h8H,1,5-6H2,2-4H3. The van der Waals surface area contributed by atoms with Gasteiger partial charge in [-0.25, -0.2) is 0 Å². The molecule has 0 aromatic carbocycles. The predicted octanol–water partition coefficient (Wildman–Crippen LogP) is 2.52. The minimum atomic E-state index is 0.152. The van der Waals surface area contributed by atoms with Crippen LogP contribution in [0.3, 0.4) is 0 Å². The SMILES string of the molecule is C=C1CC(C)(C)CC2(C)OC12. The van der Waals surface area contributed by atoms with Gasteiger partial charge in [-0.15, -0.1) is 0 Å². The first kappa shape index (κ1) is 7.35. The molecule has 0 radical (unpaired) electrons. The lowest BCUT2D eigenvalue weighted by Crippen LogP contribution is -2.29. The summed E-state index contributed by atoms with van der Waals surface area (Å²) in [5.41, 5.74) is 1.85. The zero-order valence-corrected chi connectivity index (χ0v) is 7.61. The van der Waals surface area contributed by atoms with Crippen LogP contribution in [0.5, 0.6) is 0 Å². The Bertz CT molecular complexity index is 214. The Kier molecular flexibility index (Phi) is 1.15. The average Bonchev–Trinajstić information content (AvgIpc) is 2.36. The molecule has 1 saturated heterocycles. The average molecular weight is 152 g/mol. The molecule has 1 aliphatic heterocycles. The van der Waals surface area contributed by atoms with E-state index in [-0.39, 0.29) is 5.60 Å². The fourth-order valence-electron chi connectivity index (χ4n) is 2.60. The maximum absolute atomic E-state index is 5.61. The summed E-state index contributed by atoms with van der Waals surface area (Å²) in [4.78, 5) is 0. The van der Waals surface area contributed by atoms with Crippen molar-refractivity contribution in [2.75, 3.05) is 0 Å². The zero-order chi connectivity index (χ0) is 8.28. The maximum Gasteiger partial charge on any atom is 0.108 e. The predicted molar refractivity (Wildman–Crippen MR) is 45.4 cm³/mol. The maximum atomic E-state index is 5.61. The topological polar surface area (TPSA) is 12.5 Å². The number of hydrogen-bond donors (Lipinski definition) is 0. The Morgan fingerprint density at radius 3 is 2.64 bits per heavy atom. The molecule has 0 bridgehead atoms. The van der Waals surface area contributed by atoms with Gasteiger partial charge in [-0.1, -0.05) is 20.4 Å². The summed E-state index contributed by atoms with van der Waals surface area (Å²) in [5, 5.41) is 0. The van der Waals surface area contributed by atoms with Gasteiger partial charge in [0, 0.05) is 0 Å². The molecule has 1 saturated carbocycles. The van der Waals surface area contributed by atoms with Crippen LogP contribution in [0.1, 0.15) is 33.6 Å². The van der Waals surface area contributed by atoms with E-state index in [4.69, 9.17) is 4.74 Å². The van der Waals surface area contributed by atoms with E-state index in [2.05, 4.69) is 27.4 Å². The molecule has 2 aliphatic rings. The second-order valence-electron chi connectivity index (χ2n) is 4.99. The van der Waals surface area contributed by atoms with Crippen LogP contribution in [0.2, 0.25) is 0 Å². The molecule has 0 aromatic rings. The van der Waals surface area contributed by atoms with E-state index in [1.165, 1.54) is 12.0 Å². The number of ether oxygens (including phenoxy) is 1. The summed E-state index contributed by atoms with van der Waals surface area (Å²) in [6.45, 7) is 10.8. The molecule has 1 heterocycles. The molecule has 1 aliphatic carbocycles. The Morgan fingerprint density at radius 2 is 2.09 bits per heavy atom. The van der Waals surface area contributed by atoms with Crippen LogP contribution in [0.25, 0.3) is 0 Å². The summed E-state index contributed by atoms with van der Waals surface area (Å²) in [7, 11) is 0. The van der Waals surface area contributed by atoms with Crippen molar-refractivity contribution in [1.82, 2.24) is 0 Å². The first-order valence-corrected chi connectivity index (χ1v) is 4.28. The van der Waals surface area contributed by atoms with Crippen molar-refractivity contribution in [3.8, 4) is 0 Å². The highest BCUT2D eigenvalue weighted by Gasteiger charge is 2.59. The van der Waals surface area contributed by atoms with Crippen molar-refractivity contribution < 1.29 is 4.74 Å². The fraction of sp³-hybridized carbons (Fsp3) is 0.800. The Labute approximate surface area is 68.4 Å². The largest absolute Gasteiger partial charge is 0.362 e. The second-order valence-corrected chi connectivity index (χ2v) is 4.99. The van der Waals surface area contributed by atoms with Crippen LogP contribution in [0, 0.1) is 5.41 Å². The van der Waals surface area contributed by atoms with Gasteiger partial charge in [0.15, 0.2) is 0 Å². The smallest absolute Gasteiger partial charge is 0.108 e. The third kappa shape index (κ3) is 1.02. The van der Waals surface area contributed by atoms with Gasteiger partial charge in [0.25, 0.3) is 0 Å². The fourth-order valence-corrected chi connectivity index (χ4v) is 2.60. The molecule has 2 rings (SSSR count). The second kappa shape index (κ2) is 1.71. The summed E-state index contributed by atoms with van der Waals surface area (Å²) >= 11 is 0. The van der Waals surface area contributed by atoms with Crippen LogP contribution in [-0.2, 0) is 4.74 Å². The van der Waals surface area contributed by atoms with E-state index in [0.29, 0.717) is 11.5 Å². The molecule has 0 amide bonds. The van der Waals surface area contributed by atoms with Gasteiger partial charge in [-0.2, -0.15) is 0 Å². The van der Waals surface area contributed by atoms with Crippen molar-refractivity contribution >= 4 is 0 Å². The lowest BCUT2D eigenvalue weighted by atomic mass is 9.71. The minimum Gasteiger partial charge on any atom is -0.362 e. The van der Waals surface area contributed by atoms with Gasteiger partial charge in [-0.05, 0) is 30.8 Å². The van der Waals surface area contributed by atoms with E-state index in [9.17, 15) is 0 Å². The lowest BCUT2D eigenvalue weighted by molar-refractivity contribution is 0.219. The minimum absolute atomic E-state index is 0.152. The molecular weight excluding hydrogens is 136 g/mol. The molecular formula is C10H16O. The molecule has 0 aromatic heterocycles. The molecule has 0 N–H and O–H groups in total. The van der Waals surface area contributed by atoms with Crippen molar-refractivity contribution in [1.29, 1.82) is 0 Å². The van der Waals surface area contributed by atoms with Crippen molar-refractivity contribution in [3.05, 3.63) is 12.2 Å². The Balaban J connectivity index is 2.21. The molecule has 62 valence electrons. The molecule has 2 fully saturated rings. The number of hydrogen-bond acceptors (Lipinski definition) is 1. The normalized spacial score (nSPS) is 46.8. The highest BCUT2D eigenvalue weighted by atomic mass is 16.6. The highest BCUT2D eigenvalue weighted by molar-refractivity contribution is 5.25. The van der Waals surface area contributed by atoms with Crippen LogP contribution >= 0.6 is 0 Å². The van der Waals surface area contributed by atoms with E-state index >= 15 is 0 Å². The monoisotopic (exact) mass is 152 g/mol. The first-order valence-electron chi connectivity index (χ1n) is 4.28. The van der Waals surface area contributed by atoms with Gasteiger partial charge >= 0.3 is 0 Å². The first-order chi connectivity index (χ1) is 4.93. The van der Waals surface area contributed by atoms with E-state index in [1.54, 1.807) is 0 Å². The third-order valence-electron chi connectivity index (χ3n) is 2.79. The molecule has 1 heteroatoms. The van der Waals surface area contributed by atoms with Crippen LogP contribution in [-0.4, -0.2) is 11.7 Å². The Hall–Kier alpha value is -0.300. The molecule has 11 heavy (non-hydrogen) atoms. The molecule has 0 spiro atoms. The van der Waals surface area contributed by atoms with Gasteiger partial charge in [0.2, 0.25) is 0 Å². The van der Waals surface area contributed by atoms with Gasteiger partial charge in [0.05, 0.1) is 5.60 Å². The summed E-state index contributed by atoms with van der Waals surface area (Å²) in [5.74, 6) is 0. The van der Waals surface area contributed by atoms with Crippen LogP contribution in [0.15, 0.2) is 12.2 Å². The molecule has 2 unspecified atom stereocenters. The van der Waals surface area contributed by atoms with Crippen molar-refractivity contribution in [2.24, 2.45) is 5.41 Å². The van der Waals surface area contributed by atoms with E-state index in [0.717, 1.165) is 6.42 Å². The third-order valence-corrected chi connectivity index (χ3v) is 2.79. The van der Waals surface area contributed by atoms with Crippen molar-refractivity contribution in [2.45, 2.75) is 45.3 Å². The van der Waals surface area contributed by atoms with Crippen molar-refractivity contribution in [3.63, 3.8) is 0 Å². The summed E-state index contributed by atoms with van der Waals surface area (Å²) in [6, 6.07) is 0. The van der Waals surface area contributed by atoms with Gasteiger partial charge in [-0.3, -0.25) is 0 Å². The highest BCUT2D eigenvalue weighted by Crippen LogP contribution is 2.55. The zero-order valence-electron chi connectivity index (χ0n) is 7.61. The lowest BCUT2D eigenvalue weighted by Gasteiger charge is -2.31. The summed E-state index contributed by atoms with van der Waals surface area (Å²) < 4.78 is 5.61. The molecule has 1 nitrogen and oxygen atoms in total. The quantitative estimate of drug-likeness (QED) is 0.384. The summed E-state index contributed by atoms with van der Waals surface area (Å²) in [6.07, 6.45) is 2.70. The number of fused-ring (bicyclic) bond motifs is 1. The van der Waals surface area contributed by atoms with Crippen LogP contribution < -0.4 is 0 Å². The van der Waals surface area contributed by atoms with Gasteiger partial charge < -0.3 is 4.74 Å². The van der Waals surface area contributed by atoms with E-state index in [1.807, 2.05) is 0 Å². The van der Waals surface area contributed by atoms with E-state index < -0.39 is 0 Å². The van der Waals surface area contributed by atoms with Crippen LogP contribution in [0.4, 0.5) is 0 Å². The Morgan fingerprint density at radius 1 is 1.45 bits per heavy atom. The molecule has 2 atom stereocenters. The number of rotatable bonds is 0.